The average molecular weight is 246 g/mol. The van der Waals surface area contributed by atoms with Crippen molar-refractivity contribution in [1.82, 2.24) is 4.98 Å². The Morgan fingerprint density at radius 1 is 1.44 bits per heavy atom. The van der Waals surface area contributed by atoms with Crippen molar-refractivity contribution >= 4 is 17.7 Å². The van der Waals surface area contributed by atoms with Crippen LogP contribution in [0.5, 0.6) is 0 Å². The van der Waals surface area contributed by atoms with Gasteiger partial charge in [-0.15, -0.1) is 0 Å². The van der Waals surface area contributed by atoms with E-state index in [4.69, 9.17) is 4.42 Å². The van der Waals surface area contributed by atoms with Crippen molar-refractivity contribution in [3.63, 3.8) is 0 Å². The van der Waals surface area contributed by atoms with Gasteiger partial charge in [-0.25, -0.2) is 4.39 Å². The fourth-order valence-electron chi connectivity index (χ4n) is 1.35. The molecule has 1 N–H and O–H groups in total. The molecule has 2 rings (SSSR count). The zero-order valence-electron chi connectivity index (χ0n) is 9.68. The van der Waals surface area contributed by atoms with Crippen LogP contribution in [0.15, 0.2) is 41.1 Å². The Kier molecular flexibility index (Phi) is 3.52. The molecule has 0 atom stereocenters. The molecule has 0 radical (unpaired) electrons. The number of amides is 1. The monoisotopic (exact) mass is 246 g/mol. The molecule has 5 heteroatoms. The molecule has 2 heterocycles. The van der Waals surface area contributed by atoms with Gasteiger partial charge in [0.1, 0.15) is 11.5 Å². The van der Waals surface area contributed by atoms with E-state index < -0.39 is 11.7 Å². The van der Waals surface area contributed by atoms with Gasteiger partial charge in [0.05, 0.1) is 11.9 Å². The number of pyridine rings is 1. The van der Waals surface area contributed by atoms with Gasteiger partial charge in [0, 0.05) is 12.3 Å². The van der Waals surface area contributed by atoms with Gasteiger partial charge in [0.2, 0.25) is 5.91 Å². The number of hydrogen-bond donors (Lipinski definition) is 1. The zero-order chi connectivity index (χ0) is 13.0. The Bertz CT molecular complexity index is 590. The van der Waals surface area contributed by atoms with Crippen LogP contribution in [0.3, 0.4) is 0 Å². The van der Waals surface area contributed by atoms with Gasteiger partial charge in [-0.2, -0.15) is 0 Å². The highest BCUT2D eigenvalue weighted by molar-refractivity contribution is 6.01. The fourth-order valence-corrected chi connectivity index (χ4v) is 1.35. The number of hydrogen-bond acceptors (Lipinski definition) is 3. The van der Waals surface area contributed by atoms with Gasteiger partial charge in [-0.1, -0.05) is 0 Å². The Morgan fingerprint density at radius 3 is 2.94 bits per heavy atom. The Morgan fingerprint density at radius 2 is 2.28 bits per heavy atom. The average Bonchev–Trinajstić information content (AvgIpc) is 2.76. The number of halogens is 1. The van der Waals surface area contributed by atoms with Crippen molar-refractivity contribution in [2.75, 3.05) is 5.32 Å². The summed E-state index contributed by atoms with van der Waals surface area (Å²) in [5, 5.41) is 2.40. The van der Waals surface area contributed by atoms with Crippen molar-refractivity contribution in [2.45, 2.75) is 6.92 Å². The van der Waals surface area contributed by atoms with Crippen LogP contribution in [0.1, 0.15) is 11.5 Å². The second-order valence-corrected chi connectivity index (χ2v) is 3.63. The highest BCUT2D eigenvalue weighted by Crippen LogP contribution is 2.11. The third kappa shape index (κ3) is 3.04. The molecule has 0 aliphatic heterocycles. The van der Waals surface area contributed by atoms with Gasteiger partial charge in [-0.05, 0) is 31.2 Å². The maximum Gasteiger partial charge on any atom is 0.248 e. The minimum Gasteiger partial charge on any atom is -0.462 e. The minimum absolute atomic E-state index is 0.0928. The first kappa shape index (κ1) is 12.0. The summed E-state index contributed by atoms with van der Waals surface area (Å²) in [5.41, 5.74) is 0.0928. The number of carbonyl (C=O) groups excluding carboxylic acids is 1. The van der Waals surface area contributed by atoms with E-state index in [0.717, 1.165) is 12.0 Å². The summed E-state index contributed by atoms with van der Waals surface area (Å²) in [6, 6.07) is 4.92. The normalized spacial score (nSPS) is 10.8. The molecule has 0 aliphatic carbocycles. The molecular weight excluding hydrogens is 235 g/mol. The summed E-state index contributed by atoms with van der Waals surface area (Å²) in [6.07, 6.45) is 5.23. The summed E-state index contributed by atoms with van der Waals surface area (Å²) in [5.74, 6) is 0.315. The van der Waals surface area contributed by atoms with E-state index in [9.17, 15) is 9.18 Å². The molecule has 0 aromatic carbocycles. The second kappa shape index (κ2) is 5.27. The lowest BCUT2D eigenvalue weighted by Crippen LogP contribution is -2.09. The molecule has 18 heavy (non-hydrogen) atoms. The number of aromatic nitrogens is 1. The van der Waals surface area contributed by atoms with E-state index in [-0.39, 0.29) is 5.69 Å². The van der Waals surface area contributed by atoms with Crippen LogP contribution in [0.25, 0.3) is 6.08 Å². The van der Waals surface area contributed by atoms with Crippen molar-refractivity contribution in [1.29, 1.82) is 0 Å². The first-order valence-electron chi connectivity index (χ1n) is 5.30. The lowest BCUT2D eigenvalue weighted by atomic mass is 10.3. The predicted octanol–water partition coefficient (Wildman–Crippen LogP) is 2.77. The number of rotatable bonds is 3. The maximum absolute atomic E-state index is 13.2. The van der Waals surface area contributed by atoms with Gasteiger partial charge >= 0.3 is 0 Å². The van der Waals surface area contributed by atoms with Crippen LogP contribution in [-0.4, -0.2) is 10.9 Å². The maximum atomic E-state index is 13.2. The highest BCUT2D eigenvalue weighted by Gasteiger charge is 2.03. The number of aryl methyl sites for hydroxylation is 1. The summed E-state index contributed by atoms with van der Waals surface area (Å²) in [7, 11) is 0. The van der Waals surface area contributed by atoms with Crippen molar-refractivity contribution in [3.8, 4) is 0 Å². The standard InChI is InChI=1S/C13H11FN2O2/c1-9-2-3-10(18-9)4-5-13(17)16-12-6-7-15-8-11(12)14/h2-8H,1H3,(H,15,16,17). The van der Waals surface area contributed by atoms with Gasteiger partial charge in [0.15, 0.2) is 5.82 Å². The summed E-state index contributed by atoms with van der Waals surface area (Å²) < 4.78 is 18.5. The van der Waals surface area contributed by atoms with E-state index in [2.05, 4.69) is 10.3 Å². The fraction of sp³-hybridized carbons (Fsp3) is 0.0769. The minimum atomic E-state index is -0.576. The smallest absolute Gasteiger partial charge is 0.248 e. The van der Waals surface area contributed by atoms with E-state index in [1.54, 1.807) is 12.1 Å². The molecule has 0 fully saturated rings. The summed E-state index contributed by atoms with van der Waals surface area (Å²) >= 11 is 0. The third-order valence-electron chi connectivity index (χ3n) is 2.19. The second-order valence-electron chi connectivity index (χ2n) is 3.63. The van der Waals surface area contributed by atoms with E-state index >= 15 is 0 Å². The molecule has 4 nitrogen and oxygen atoms in total. The van der Waals surface area contributed by atoms with Crippen LogP contribution < -0.4 is 5.32 Å². The van der Waals surface area contributed by atoms with Crippen LogP contribution in [0.4, 0.5) is 10.1 Å². The van der Waals surface area contributed by atoms with Crippen molar-refractivity contribution in [2.24, 2.45) is 0 Å². The van der Waals surface area contributed by atoms with Crippen LogP contribution in [-0.2, 0) is 4.79 Å². The van der Waals surface area contributed by atoms with Crippen LogP contribution in [0.2, 0.25) is 0 Å². The molecule has 92 valence electrons. The Balaban J connectivity index is 2.01. The lowest BCUT2D eigenvalue weighted by molar-refractivity contribution is -0.111. The largest absolute Gasteiger partial charge is 0.462 e. The molecule has 0 unspecified atom stereocenters. The Hall–Kier alpha value is -2.43. The number of anilines is 1. The van der Waals surface area contributed by atoms with Gasteiger partial charge in [0.25, 0.3) is 0 Å². The molecular formula is C13H11FN2O2. The SMILES string of the molecule is Cc1ccc(C=CC(=O)Nc2ccncc2F)o1. The van der Waals surface area contributed by atoms with E-state index in [1.165, 1.54) is 24.4 Å². The molecule has 0 aliphatic rings. The van der Waals surface area contributed by atoms with E-state index in [1.807, 2.05) is 6.92 Å². The van der Waals surface area contributed by atoms with Crippen LogP contribution in [0, 0.1) is 12.7 Å². The molecule has 0 spiro atoms. The molecule has 2 aromatic rings. The molecule has 0 saturated carbocycles. The Labute approximate surface area is 103 Å². The quantitative estimate of drug-likeness (QED) is 0.847. The molecule has 0 saturated heterocycles. The number of nitrogens with zero attached hydrogens (tertiary/aromatic N) is 1. The molecule has 2 aromatic heterocycles. The first-order chi connectivity index (χ1) is 8.65. The first-order valence-corrected chi connectivity index (χ1v) is 5.30. The molecule has 0 bridgehead atoms. The number of furan rings is 1. The summed E-state index contributed by atoms with van der Waals surface area (Å²) in [4.78, 5) is 15.1. The highest BCUT2D eigenvalue weighted by atomic mass is 19.1. The predicted molar refractivity (Wildman–Crippen MR) is 65.3 cm³/mol. The van der Waals surface area contributed by atoms with Gasteiger partial charge in [-0.3, -0.25) is 9.78 Å². The molecule has 1 amide bonds. The topological polar surface area (TPSA) is 55.1 Å². The van der Waals surface area contributed by atoms with Crippen LogP contribution >= 0.6 is 0 Å². The zero-order valence-corrected chi connectivity index (χ0v) is 9.68. The van der Waals surface area contributed by atoms with Crippen molar-refractivity contribution in [3.05, 3.63) is 54.0 Å². The van der Waals surface area contributed by atoms with E-state index in [0.29, 0.717) is 5.76 Å². The van der Waals surface area contributed by atoms with Gasteiger partial charge < -0.3 is 9.73 Å². The number of carbonyl (C=O) groups is 1. The summed E-state index contributed by atoms with van der Waals surface area (Å²) in [6.45, 7) is 1.81. The third-order valence-corrected chi connectivity index (χ3v) is 2.19. The lowest BCUT2D eigenvalue weighted by Gasteiger charge is -2.01. The van der Waals surface area contributed by atoms with Crippen molar-refractivity contribution < 1.29 is 13.6 Å². The number of nitrogens with one attached hydrogen (secondary N) is 1.